The number of carbonyl (C=O) groups is 1. The minimum absolute atomic E-state index is 0.0503. The van der Waals surface area contributed by atoms with Gasteiger partial charge < -0.3 is 9.64 Å². The molecule has 3 heterocycles. The number of hydrogen-bond donors (Lipinski definition) is 1. The summed E-state index contributed by atoms with van der Waals surface area (Å²) in [6.45, 7) is 7.86. The molecule has 1 N–H and O–H groups in total. The maximum Gasteiger partial charge on any atom is 0.275 e. The summed E-state index contributed by atoms with van der Waals surface area (Å²) in [5.74, 6) is 0.0503. The van der Waals surface area contributed by atoms with E-state index in [9.17, 15) is 4.79 Å². The van der Waals surface area contributed by atoms with Crippen molar-refractivity contribution in [1.29, 1.82) is 0 Å². The minimum atomic E-state index is 0.0503. The number of nitrogens with zero attached hydrogens (tertiary/aromatic N) is 3. The number of aromatic amines is 1. The van der Waals surface area contributed by atoms with E-state index in [-0.39, 0.29) is 24.2 Å². The Kier molecular flexibility index (Phi) is 4.48. The van der Waals surface area contributed by atoms with Gasteiger partial charge >= 0.3 is 0 Å². The normalized spacial score (nSPS) is 27.9. The lowest BCUT2D eigenvalue weighted by Gasteiger charge is -2.38. The van der Waals surface area contributed by atoms with E-state index in [0.717, 1.165) is 49.9 Å². The fraction of sp³-hybridized carbons (Fsp3) is 0.579. The number of benzene rings is 1. The lowest BCUT2D eigenvalue weighted by Crippen LogP contribution is -2.51. The number of likely N-dealkylation sites (tertiary alicyclic amines) is 1. The summed E-state index contributed by atoms with van der Waals surface area (Å²) in [5.41, 5.74) is 1.46. The maximum atomic E-state index is 13.1. The van der Waals surface area contributed by atoms with Gasteiger partial charge in [-0.25, -0.2) is 0 Å². The lowest BCUT2D eigenvalue weighted by molar-refractivity contribution is -0.0715. The van der Waals surface area contributed by atoms with Crippen molar-refractivity contribution in [2.24, 2.45) is 0 Å². The van der Waals surface area contributed by atoms with Gasteiger partial charge in [0.25, 0.3) is 5.91 Å². The molecule has 0 saturated carbocycles. The van der Waals surface area contributed by atoms with Gasteiger partial charge in [-0.2, -0.15) is 5.10 Å². The Labute approximate surface area is 148 Å². The van der Waals surface area contributed by atoms with Gasteiger partial charge in [0.15, 0.2) is 5.69 Å². The highest BCUT2D eigenvalue weighted by molar-refractivity contribution is 6.04. The van der Waals surface area contributed by atoms with Gasteiger partial charge in [0.1, 0.15) is 0 Å². The van der Waals surface area contributed by atoms with Crippen LogP contribution in [0.25, 0.3) is 10.9 Å². The van der Waals surface area contributed by atoms with Crippen LogP contribution in [0.4, 0.5) is 0 Å². The lowest BCUT2D eigenvalue weighted by atomic mass is 10.1. The van der Waals surface area contributed by atoms with E-state index in [1.807, 2.05) is 29.2 Å². The van der Waals surface area contributed by atoms with E-state index >= 15 is 0 Å². The standard InChI is InChI=1S/C19H26N4O2/c1-13-10-22(11-14(2)25-13)12-15-6-5-9-23(15)19(24)18-16-7-3-4-8-17(16)20-21-18/h3-4,7-8,13-15H,5-6,9-12H2,1-2H3,(H,20,21). The van der Waals surface area contributed by atoms with Gasteiger partial charge in [0.2, 0.25) is 0 Å². The summed E-state index contributed by atoms with van der Waals surface area (Å²) in [4.78, 5) is 17.6. The molecule has 0 aliphatic carbocycles. The van der Waals surface area contributed by atoms with Crippen LogP contribution >= 0.6 is 0 Å². The topological polar surface area (TPSA) is 61.5 Å². The highest BCUT2D eigenvalue weighted by atomic mass is 16.5. The summed E-state index contributed by atoms with van der Waals surface area (Å²) in [7, 11) is 0. The Morgan fingerprint density at radius 3 is 2.84 bits per heavy atom. The van der Waals surface area contributed by atoms with Crippen LogP contribution in [0.15, 0.2) is 24.3 Å². The quantitative estimate of drug-likeness (QED) is 0.930. The SMILES string of the molecule is CC1CN(CC2CCCN2C(=O)c2n[nH]c3ccccc23)CC(C)O1. The Hall–Kier alpha value is -1.92. The van der Waals surface area contributed by atoms with Crippen molar-refractivity contribution < 1.29 is 9.53 Å². The molecule has 3 unspecified atom stereocenters. The van der Waals surface area contributed by atoms with Gasteiger partial charge in [-0.1, -0.05) is 18.2 Å². The van der Waals surface area contributed by atoms with Crippen molar-refractivity contribution in [3.63, 3.8) is 0 Å². The van der Waals surface area contributed by atoms with E-state index < -0.39 is 0 Å². The zero-order chi connectivity index (χ0) is 17.4. The Morgan fingerprint density at radius 2 is 2.04 bits per heavy atom. The van der Waals surface area contributed by atoms with Gasteiger partial charge in [0, 0.05) is 37.6 Å². The molecule has 3 atom stereocenters. The number of hydrogen-bond acceptors (Lipinski definition) is 4. The monoisotopic (exact) mass is 342 g/mol. The Balaban J connectivity index is 1.50. The van der Waals surface area contributed by atoms with Crippen molar-refractivity contribution in [1.82, 2.24) is 20.0 Å². The molecule has 2 aliphatic heterocycles. The molecule has 25 heavy (non-hydrogen) atoms. The van der Waals surface area contributed by atoms with E-state index in [0.29, 0.717) is 5.69 Å². The van der Waals surface area contributed by atoms with Crippen LogP contribution in [0, 0.1) is 0 Å². The summed E-state index contributed by atoms with van der Waals surface area (Å²) < 4.78 is 5.83. The first-order valence-electron chi connectivity index (χ1n) is 9.23. The zero-order valence-electron chi connectivity index (χ0n) is 14.9. The number of carbonyl (C=O) groups excluding carboxylic acids is 1. The largest absolute Gasteiger partial charge is 0.373 e. The third-order valence-corrected chi connectivity index (χ3v) is 5.28. The van der Waals surface area contributed by atoms with E-state index in [2.05, 4.69) is 28.9 Å². The third-order valence-electron chi connectivity index (χ3n) is 5.28. The number of ether oxygens (including phenoxy) is 1. The Bertz CT molecular complexity index is 749. The van der Waals surface area contributed by atoms with Crippen molar-refractivity contribution in [2.45, 2.75) is 44.9 Å². The second-order valence-corrected chi connectivity index (χ2v) is 7.39. The van der Waals surface area contributed by atoms with Crippen LogP contribution in [0.3, 0.4) is 0 Å². The second kappa shape index (κ2) is 6.77. The molecule has 1 aromatic heterocycles. The molecular weight excluding hydrogens is 316 g/mol. The molecule has 1 amide bonds. The first-order chi connectivity index (χ1) is 12.1. The van der Waals surface area contributed by atoms with E-state index in [1.54, 1.807) is 0 Å². The van der Waals surface area contributed by atoms with Crippen LogP contribution in [0.2, 0.25) is 0 Å². The molecule has 2 fully saturated rings. The maximum absolute atomic E-state index is 13.1. The molecule has 6 nitrogen and oxygen atoms in total. The number of aromatic nitrogens is 2. The Morgan fingerprint density at radius 1 is 1.28 bits per heavy atom. The summed E-state index contributed by atoms with van der Waals surface area (Å²) in [5, 5.41) is 8.18. The van der Waals surface area contributed by atoms with Crippen molar-refractivity contribution in [3.8, 4) is 0 Å². The fourth-order valence-corrected chi connectivity index (χ4v) is 4.29. The highest BCUT2D eigenvalue weighted by Gasteiger charge is 2.34. The molecule has 134 valence electrons. The highest BCUT2D eigenvalue weighted by Crippen LogP contribution is 2.24. The van der Waals surface area contributed by atoms with E-state index in [1.165, 1.54) is 0 Å². The summed E-state index contributed by atoms with van der Waals surface area (Å²) in [6.07, 6.45) is 2.64. The average Bonchev–Trinajstić information content (AvgIpc) is 3.20. The van der Waals surface area contributed by atoms with Gasteiger partial charge in [-0.3, -0.25) is 14.8 Å². The van der Waals surface area contributed by atoms with Crippen LogP contribution < -0.4 is 0 Å². The van der Waals surface area contributed by atoms with Crippen LogP contribution in [-0.4, -0.2) is 70.3 Å². The summed E-state index contributed by atoms with van der Waals surface area (Å²) >= 11 is 0. The second-order valence-electron chi connectivity index (χ2n) is 7.39. The van der Waals surface area contributed by atoms with Crippen molar-refractivity contribution in [2.75, 3.05) is 26.2 Å². The minimum Gasteiger partial charge on any atom is -0.373 e. The van der Waals surface area contributed by atoms with Gasteiger partial charge in [0.05, 0.1) is 17.7 Å². The molecule has 2 saturated heterocycles. The first-order valence-corrected chi connectivity index (χ1v) is 9.23. The molecule has 0 spiro atoms. The third kappa shape index (κ3) is 3.28. The number of morpholine rings is 1. The van der Waals surface area contributed by atoms with Gasteiger partial charge in [-0.05, 0) is 32.8 Å². The number of para-hydroxylation sites is 1. The van der Waals surface area contributed by atoms with E-state index in [4.69, 9.17) is 4.74 Å². The molecule has 6 heteroatoms. The molecule has 0 radical (unpaired) electrons. The number of H-pyrrole nitrogens is 1. The fourth-order valence-electron chi connectivity index (χ4n) is 4.29. The van der Waals surface area contributed by atoms with Crippen molar-refractivity contribution in [3.05, 3.63) is 30.0 Å². The molecule has 2 aliphatic rings. The number of amides is 1. The number of nitrogens with one attached hydrogen (secondary N) is 1. The van der Waals surface area contributed by atoms with Crippen LogP contribution in [-0.2, 0) is 4.74 Å². The van der Waals surface area contributed by atoms with Crippen molar-refractivity contribution >= 4 is 16.8 Å². The summed E-state index contributed by atoms with van der Waals surface area (Å²) in [6, 6.07) is 8.08. The average molecular weight is 342 g/mol. The first kappa shape index (κ1) is 16.5. The molecular formula is C19H26N4O2. The van der Waals surface area contributed by atoms with Crippen LogP contribution in [0.1, 0.15) is 37.2 Å². The molecule has 4 rings (SSSR count). The molecule has 2 aromatic rings. The number of fused-ring (bicyclic) bond motifs is 1. The molecule has 0 bridgehead atoms. The smallest absolute Gasteiger partial charge is 0.275 e. The number of rotatable bonds is 3. The van der Waals surface area contributed by atoms with Gasteiger partial charge in [-0.15, -0.1) is 0 Å². The predicted octanol–water partition coefficient (Wildman–Crippen LogP) is 2.28. The zero-order valence-corrected chi connectivity index (χ0v) is 14.9. The van der Waals surface area contributed by atoms with Crippen LogP contribution in [0.5, 0.6) is 0 Å². The predicted molar refractivity (Wildman–Crippen MR) is 96.6 cm³/mol. The molecule has 1 aromatic carbocycles.